The highest BCUT2D eigenvalue weighted by Crippen LogP contribution is 2.24. The van der Waals surface area contributed by atoms with Gasteiger partial charge in [-0.3, -0.25) is 0 Å². The lowest BCUT2D eigenvalue weighted by atomic mass is 10.1. The second-order valence-electron chi connectivity index (χ2n) is 6.73. The molecule has 1 aromatic carbocycles. The number of hydrogen-bond acceptors (Lipinski definition) is 4. The van der Waals surface area contributed by atoms with E-state index in [1.807, 2.05) is 42.8 Å². The number of aryl methyl sites for hydroxylation is 2. The Hall–Kier alpha value is -2.41. The molecule has 7 heteroatoms. The smallest absolute Gasteiger partial charge is 0.319 e. The summed E-state index contributed by atoms with van der Waals surface area (Å²) in [5.41, 5.74) is 1.79. The molecule has 1 heterocycles. The summed E-state index contributed by atoms with van der Waals surface area (Å²) in [6.07, 6.45) is 2.35. The Labute approximate surface area is 147 Å². The molecule has 2 aromatic rings. The van der Waals surface area contributed by atoms with E-state index in [-0.39, 0.29) is 12.1 Å². The number of urea groups is 1. The normalized spacial score (nSPS) is 19.8. The van der Waals surface area contributed by atoms with Gasteiger partial charge in [0, 0.05) is 12.2 Å². The molecule has 1 aromatic heterocycles. The quantitative estimate of drug-likeness (QED) is 0.776. The third-order valence-corrected chi connectivity index (χ3v) is 4.54. The number of nitrogens with one attached hydrogen (secondary N) is 2. The summed E-state index contributed by atoms with van der Waals surface area (Å²) in [4.78, 5) is 16.4. The molecule has 0 radical (unpaired) electrons. The summed E-state index contributed by atoms with van der Waals surface area (Å²) in [6.45, 7) is 5.01. The maximum Gasteiger partial charge on any atom is 0.319 e. The van der Waals surface area contributed by atoms with Crippen LogP contribution in [-0.2, 0) is 6.54 Å². The molecule has 3 N–H and O–H groups in total. The monoisotopic (exact) mass is 343 g/mol. The zero-order chi connectivity index (χ0) is 17.8. The fourth-order valence-electron chi connectivity index (χ4n) is 3.28. The van der Waals surface area contributed by atoms with Crippen LogP contribution in [-0.4, -0.2) is 38.6 Å². The fourth-order valence-corrected chi connectivity index (χ4v) is 3.28. The Bertz CT molecular complexity index is 743. The molecule has 3 rings (SSSR count). The van der Waals surface area contributed by atoms with Crippen molar-refractivity contribution in [1.82, 2.24) is 20.1 Å². The number of carbonyl (C=O) groups excluding carboxylic acids is 1. The van der Waals surface area contributed by atoms with Crippen molar-refractivity contribution in [1.29, 1.82) is 0 Å². The number of aliphatic hydroxyl groups excluding tert-OH is 1. The number of aliphatic hydroxyl groups is 1. The molecule has 0 bridgehead atoms. The lowest BCUT2D eigenvalue weighted by Gasteiger charge is -2.12. The van der Waals surface area contributed by atoms with E-state index >= 15 is 0 Å². The predicted molar refractivity (Wildman–Crippen MR) is 95.4 cm³/mol. The van der Waals surface area contributed by atoms with Crippen LogP contribution in [0, 0.1) is 19.8 Å². The van der Waals surface area contributed by atoms with E-state index in [9.17, 15) is 9.90 Å². The average Bonchev–Trinajstić information content (AvgIpc) is 3.11. The summed E-state index contributed by atoms with van der Waals surface area (Å²) in [5, 5.41) is 19.6. The van der Waals surface area contributed by atoms with Crippen molar-refractivity contribution < 1.29 is 9.90 Å². The minimum Gasteiger partial charge on any atom is -0.393 e. The minimum atomic E-state index is -0.216. The molecule has 2 atom stereocenters. The molecular weight excluding hydrogens is 318 g/mol. The van der Waals surface area contributed by atoms with Gasteiger partial charge in [0.05, 0.1) is 12.6 Å². The van der Waals surface area contributed by atoms with Gasteiger partial charge in [-0.15, -0.1) is 0 Å². The van der Waals surface area contributed by atoms with Gasteiger partial charge in [0.2, 0.25) is 0 Å². The molecular formula is C18H25N5O2. The molecule has 25 heavy (non-hydrogen) atoms. The van der Waals surface area contributed by atoms with Crippen LogP contribution in [0.25, 0.3) is 0 Å². The van der Waals surface area contributed by atoms with Crippen LogP contribution < -0.4 is 10.6 Å². The zero-order valence-corrected chi connectivity index (χ0v) is 14.7. The van der Waals surface area contributed by atoms with Crippen LogP contribution in [0.4, 0.5) is 10.5 Å². The van der Waals surface area contributed by atoms with Crippen LogP contribution in [0.1, 0.15) is 36.5 Å². The number of amides is 2. The van der Waals surface area contributed by atoms with E-state index in [4.69, 9.17) is 0 Å². The molecule has 134 valence electrons. The van der Waals surface area contributed by atoms with Crippen molar-refractivity contribution in [2.75, 3.05) is 11.9 Å². The molecule has 7 nitrogen and oxygen atoms in total. The predicted octanol–water partition coefficient (Wildman–Crippen LogP) is 2.23. The van der Waals surface area contributed by atoms with Crippen molar-refractivity contribution in [3.05, 3.63) is 41.5 Å². The van der Waals surface area contributed by atoms with E-state index in [0.717, 1.165) is 42.2 Å². The van der Waals surface area contributed by atoms with E-state index in [0.29, 0.717) is 19.0 Å². The standard InChI is InChI=1S/C18H25N5O2/c1-12-20-13(2)23(22-12)11-15-4-3-5-16(8-15)21-18(25)19-10-14-6-7-17(24)9-14/h3-5,8,14,17,24H,6-7,9-11H2,1-2H3,(H2,19,21,25)/t14-,17-/m1/s1. The second-order valence-corrected chi connectivity index (χ2v) is 6.73. The van der Waals surface area contributed by atoms with E-state index < -0.39 is 0 Å². The van der Waals surface area contributed by atoms with Crippen LogP contribution in [0.15, 0.2) is 24.3 Å². The molecule has 1 fully saturated rings. The number of benzene rings is 1. The molecule has 0 aliphatic heterocycles. The van der Waals surface area contributed by atoms with E-state index in [2.05, 4.69) is 20.7 Å². The minimum absolute atomic E-state index is 0.213. The Morgan fingerprint density at radius 3 is 2.88 bits per heavy atom. The van der Waals surface area contributed by atoms with Crippen molar-refractivity contribution >= 4 is 11.7 Å². The number of anilines is 1. The van der Waals surface area contributed by atoms with Crippen LogP contribution in [0.3, 0.4) is 0 Å². The lowest BCUT2D eigenvalue weighted by molar-refractivity contribution is 0.177. The molecule has 1 aliphatic rings. The zero-order valence-electron chi connectivity index (χ0n) is 14.7. The average molecular weight is 343 g/mol. The SMILES string of the molecule is Cc1nc(C)n(Cc2cccc(NC(=O)NC[C@@H]3CC[C@@H](O)C3)c2)n1. The van der Waals surface area contributed by atoms with Gasteiger partial charge in [-0.2, -0.15) is 5.10 Å². The highest BCUT2D eigenvalue weighted by Gasteiger charge is 2.22. The van der Waals surface area contributed by atoms with Crippen molar-refractivity contribution in [2.45, 2.75) is 45.8 Å². The number of nitrogens with zero attached hydrogens (tertiary/aromatic N) is 3. The Morgan fingerprint density at radius 1 is 1.36 bits per heavy atom. The van der Waals surface area contributed by atoms with Gasteiger partial charge < -0.3 is 15.7 Å². The highest BCUT2D eigenvalue weighted by atomic mass is 16.3. The number of aromatic nitrogens is 3. The largest absolute Gasteiger partial charge is 0.393 e. The van der Waals surface area contributed by atoms with Crippen LogP contribution >= 0.6 is 0 Å². The first-order valence-electron chi connectivity index (χ1n) is 8.69. The van der Waals surface area contributed by atoms with Gasteiger partial charge in [0.15, 0.2) is 0 Å². The first-order chi connectivity index (χ1) is 12.0. The Balaban J connectivity index is 1.54. The molecule has 1 aliphatic carbocycles. The Morgan fingerprint density at radius 2 is 2.20 bits per heavy atom. The highest BCUT2D eigenvalue weighted by molar-refractivity contribution is 5.89. The van der Waals surface area contributed by atoms with Gasteiger partial charge in [-0.1, -0.05) is 12.1 Å². The van der Waals surface area contributed by atoms with Gasteiger partial charge in [0.1, 0.15) is 11.6 Å². The summed E-state index contributed by atoms with van der Waals surface area (Å²) in [5.74, 6) is 1.99. The van der Waals surface area contributed by atoms with Crippen molar-refractivity contribution in [2.24, 2.45) is 5.92 Å². The van der Waals surface area contributed by atoms with Gasteiger partial charge in [-0.25, -0.2) is 14.5 Å². The van der Waals surface area contributed by atoms with E-state index in [1.54, 1.807) is 0 Å². The van der Waals surface area contributed by atoms with Crippen LogP contribution in [0.5, 0.6) is 0 Å². The summed E-state index contributed by atoms with van der Waals surface area (Å²) >= 11 is 0. The van der Waals surface area contributed by atoms with Gasteiger partial charge in [-0.05, 0) is 56.7 Å². The number of carbonyl (C=O) groups is 1. The summed E-state index contributed by atoms with van der Waals surface area (Å²) in [7, 11) is 0. The topological polar surface area (TPSA) is 92.1 Å². The molecule has 1 saturated carbocycles. The van der Waals surface area contributed by atoms with E-state index in [1.165, 1.54) is 0 Å². The maximum atomic E-state index is 12.1. The number of rotatable bonds is 5. The number of hydrogen-bond donors (Lipinski definition) is 3. The van der Waals surface area contributed by atoms with Crippen molar-refractivity contribution in [3.8, 4) is 0 Å². The Kier molecular flexibility index (Phi) is 5.33. The molecule has 0 unspecified atom stereocenters. The third-order valence-electron chi connectivity index (χ3n) is 4.54. The van der Waals surface area contributed by atoms with Crippen molar-refractivity contribution in [3.63, 3.8) is 0 Å². The summed E-state index contributed by atoms with van der Waals surface area (Å²) in [6, 6.07) is 7.50. The third kappa shape index (κ3) is 4.79. The first-order valence-corrected chi connectivity index (χ1v) is 8.69. The molecule has 2 amide bonds. The summed E-state index contributed by atoms with van der Waals surface area (Å²) < 4.78 is 1.85. The molecule has 0 saturated heterocycles. The second kappa shape index (κ2) is 7.65. The lowest BCUT2D eigenvalue weighted by Crippen LogP contribution is -2.32. The van der Waals surface area contributed by atoms with Crippen LogP contribution in [0.2, 0.25) is 0 Å². The molecule has 0 spiro atoms. The van der Waals surface area contributed by atoms with Gasteiger partial charge in [0.25, 0.3) is 0 Å². The fraction of sp³-hybridized carbons (Fsp3) is 0.500. The van der Waals surface area contributed by atoms with Gasteiger partial charge >= 0.3 is 6.03 Å². The maximum absolute atomic E-state index is 12.1. The first kappa shape index (κ1) is 17.4.